The molecule has 2 atom stereocenters. The molecule has 100 valence electrons. The molecular weight excluding hydrogens is 252 g/mol. The normalized spacial score (nSPS) is 22.9. The summed E-state index contributed by atoms with van der Waals surface area (Å²) >= 11 is 0. The van der Waals surface area contributed by atoms with E-state index in [1.165, 1.54) is 18.2 Å². The Balaban J connectivity index is 2.09. The largest absolute Gasteiger partial charge is 0.506 e. The lowest BCUT2D eigenvalue weighted by atomic mass is 10.2. The number of nitrogens with one attached hydrogen (secondary N) is 1. The van der Waals surface area contributed by atoms with E-state index in [-0.39, 0.29) is 22.4 Å². The molecule has 0 bridgehead atoms. The van der Waals surface area contributed by atoms with Crippen molar-refractivity contribution >= 4 is 15.7 Å². The molecule has 5 nitrogen and oxygen atoms in total. The Hall–Kier alpha value is -1.27. The molecule has 2 unspecified atom stereocenters. The third-order valence-electron chi connectivity index (χ3n) is 3.20. The summed E-state index contributed by atoms with van der Waals surface area (Å²) in [6.45, 7) is 2.09. The number of phenols is 1. The van der Waals surface area contributed by atoms with Crippen molar-refractivity contribution in [1.29, 1.82) is 0 Å². The molecule has 1 aromatic carbocycles. The number of nitrogens with two attached hydrogens (primary N) is 1. The zero-order chi connectivity index (χ0) is 13.3. The zero-order valence-corrected chi connectivity index (χ0v) is 11.1. The van der Waals surface area contributed by atoms with Crippen LogP contribution in [0.5, 0.6) is 5.75 Å². The van der Waals surface area contributed by atoms with E-state index in [2.05, 4.69) is 11.6 Å². The van der Waals surface area contributed by atoms with Crippen LogP contribution < -0.4 is 10.5 Å². The fourth-order valence-corrected chi connectivity index (χ4v) is 3.40. The molecule has 0 aromatic heterocycles. The van der Waals surface area contributed by atoms with E-state index in [0.717, 1.165) is 19.3 Å². The maximum absolute atomic E-state index is 12.0. The van der Waals surface area contributed by atoms with Gasteiger partial charge >= 0.3 is 0 Å². The maximum Gasteiger partial charge on any atom is 0.240 e. The average molecular weight is 270 g/mol. The van der Waals surface area contributed by atoms with Crippen molar-refractivity contribution in [3.63, 3.8) is 0 Å². The van der Waals surface area contributed by atoms with Crippen molar-refractivity contribution in [2.45, 2.75) is 37.1 Å². The number of aromatic hydroxyl groups is 1. The molecular formula is C12H18N2O3S. The molecule has 2 rings (SSSR count). The van der Waals surface area contributed by atoms with Gasteiger partial charge in [-0.15, -0.1) is 0 Å². The van der Waals surface area contributed by atoms with Crippen LogP contribution in [0.4, 0.5) is 5.69 Å². The summed E-state index contributed by atoms with van der Waals surface area (Å²) in [6.07, 6.45) is 3.01. The minimum atomic E-state index is -3.53. The first-order chi connectivity index (χ1) is 8.44. The van der Waals surface area contributed by atoms with Crippen molar-refractivity contribution in [3.05, 3.63) is 18.2 Å². The van der Waals surface area contributed by atoms with E-state index in [4.69, 9.17) is 5.73 Å². The molecule has 0 radical (unpaired) electrons. The number of rotatable bonds is 5. The minimum Gasteiger partial charge on any atom is -0.506 e. The Morgan fingerprint density at radius 2 is 2.22 bits per heavy atom. The average Bonchev–Trinajstić information content (AvgIpc) is 3.00. The summed E-state index contributed by atoms with van der Waals surface area (Å²) in [5, 5.41) is 9.28. The standard InChI is InChI=1S/C12H18N2O3S/c1-2-3-8-6-11(8)14-18(16,17)9-4-5-12(15)10(13)7-9/h4-5,7-8,11,14-15H,2-3,6,13H2,1H3. The number of benzene rings is 1. The molecule has 0 saturated heterocycles. The van der Waals surface area contributed by atoms with Crippen molar-refractivity contribution in [2.75, 3.05) is 5.73 Å². The van der Waals surface area contributed by atoms with Crippen LogP contribution >= 0.6 is 0 Å². The van der Waals surface area contributed by atoms with Gasteiger partial charge in [0.1, 0.15) is 5.75 Å². The lowest BCUT2D eigenvalue weighted by Gasteiger charge is -2.07. The van der Waals surface area contributed by atoms with Crippen molar-refractivity contribution in [2.24, 2.45) is 5.92 Å². The number of hydrogen-bond donors (Lipinski definition) is 3. The molecule has 0 heterocycles. The van der Waals surface area contributed by atoms with Gasteiger partial charge in [0.25, 0.3) is 0 Å². The SMILES string of the molecule is CCCC1CC1NS(=O)(=O)c1ccc(O)c(N)c1. The Morgan fingerprint density at radius 3 is 2.83 bits per heavy atom. The van der Waals surface area contributed by atoms with E-state index in [1.54, 1.807) is 0 Å². The van der Waals surface area contributed by atoms with Gasteiger partial charge in [0.15, 0.2) is 0 Å². The Morgan fingerprint density at radius 1 is 1.50 bits per heavy atom. The van der Waals surface area contributed by atoms with Crippen LogP contribution in [0.25, 0.3) is 0 Å². The lowest BCUT2D eigenvalue weighted by Crippen LogP contribution is -2.27. The van der Waals surface area contributed by atoms with Gasteiger partial charge in [-0.1, -0.05) is 13.3 Å². The summed E-state index contributed by atoms with van der Waals surface area (Å²) in [4.78, 5) is 0.0972. The second-order valence-corrected chi connectivity index (χ2v) is 6.45. The third-order valence-corrected chi connectivity index (χ3v) is 4.69. The predicted octanol–water partition coefficient (Wildman–Crippen LogP) is 1.44. The smallest absolute Gasteiger partial charge is 0.240 e. The van der Waals surface area contributed by atoms with E-state index < -0.39 is 10.0 Å². The Bertz CT molecular complexity index is 542. The molecule has 0 amide bonds. The van der Waals surface area contributed by atoms with Crippen LogP contribution in [-0.2, 0) is 10.0 Å². The number of sulfonamides is 1. The molecule has 1 aromatic rings. The Labute approximate surface area is 107 Å². The molecule has 0 spiro atoms. The Kier molecular flexibility index (Phi) is 3.49. The highest BCUT2D eigenvalue weighted by molar-refractivity contribution is 7.89. The number of anilines is 1. The fourth-order valence-electron chi connectivity index (χ4n) is 2.05. The second kappa shape index (κ2) is 4.78. The van der Waals surface area contributed by atoms with Gasteiger partial charge < -0.3 is 10.8 Å². The van der Waals surface area contributed by atoms with Crippen LogP contribution in [-0.4, -0.2) is 19.6 Å². The van der Waals surface area contributed by atoms with Crippen molar-refractivity contribution in [3.8, 4) is 5.75 Å². The topological polar surface area (TPSA) is 92.4 Å². The van der Waals surface area contributed by atoms with Gasteiger partial charge in [-0.2, -0.15) is 0 Å². The molecule has 0 aliphatic heterocycles. The fraction of sp³-hybridized carbons (Fsp3) is 0.500. The molecule has 1 saturated carbocycles. The van der Waals surface area contributed by atoms with Crippen molar-refractivity contribution < 1.29 is 13.5 Å². The first kappa shape index (κ1) is 13.2. The molecule has 18 heavy (non-hydrogen) atoms. The van der Waals surface area contributed by atoms with Gasteiger partial charge in [-0.05, 0) is 37.0 Å². The van der Waals surface area contributed by atoms with Gasteiger partial charge in [-0.25, -0.2) is 13.1 Å². The zero-order valence-electron chi connectivity index (χ0n) is 10.3. The van der Waals surface area contributed by atoms with E-state index in [0.29, 0.717) is 5.92 Å². The maximum atomic E-state index is 12.0. The summed E-state index contributed by atoms with van der Waals surface area (Å²) in [6, 6.07) is 3.96. The number of nitrogen functional groups attached to an aromatic ring is 1. The second-order valence-electron chi connectivity index (χ2n) is 4.73. The van der Waals surface area contributed by atoms with Crippen LogP contribution in [0.15, 0.2) is 23.1 Å². The van der Waals surface area contributed by atoms with E-state index in [1.807, 2.05) is 0 Å². The summed E-state index contributed by atoms with van der Waals surface area (Å²) in [5.74, 6) is 0.350. The van der Waals surface area contributed by atoms with Crippen molar-refractivity contribution in [1.82, 2.24) is 4.72 Å². The number of hydrogen-bond acceptors (Lipinski definition) is 4. The third kappa shape index (κ3) is 2.76. The highest BCUT2D eigenvalue weighted by atomic mass is 32.2. The monoisotopic (exact) mass is 270 g/mol. The van der Waals surface area contributed by atoms with Crippen LogP contribution in [0.3, 0.4) is 0 Å². The predicted molar refractivity (Wildman–Crippen MR) is 69.6 cm³/mol. The van der Waals surface area contributed by atoms with E-state index in [9.17, 15) is 13.5 Å². The molecule has 1 aliphatic rings. The first-order valence-electron chi connectivity index (χ1n) is 6.05. The van der Waals surface area contributed by atoms with Crippen LogP contribution in [0.2, 0.25) is 0 Å². The highest BCUT2D eigenvalue weighted by Crippen LogP contribution is 2.36. The van der Waals surface area contributed by atoms with Gasteiger partial charge in [0.05, 0.1) is 10.6 Å². The summed E-state index contributed by atoms with van der Waals surface area (Å²) in [7, 11) is -3.53. The van der Waals surface area contributed by atoms with E-state index >= 15 is 0 Å². The van der Waals surface area contributed by atoms with Gasteiger partial charge in [0.2, 0.25) is 10.0 Å². The molecule has 1 aliphatic carbocycles. The van der Waals surface area contributed by atoms with Gasteiger partial charge in [0, 0.05) is 6.04 Å². The summed E-state index contributed by atoms with van der Waals surface area (Å²) in [5.41, 5.74) is 5.56. The first-order valence-corrected chi connectivity index (χ1v) is 7.53. The number of phenolic OH excluding ortho intramolecular Hbond substituents is 1. The van der Waals surface area contributed by atoms with Gasteiger partial charge in [-0.3, -0.25) is 0 Å². The van der Waals surface area contributed by atoms with Crippen LogP contribution in [0, 0.1) is 5.92 Å². The molecule has 4 N–H and O–H groups in total. The quantitative estimate of drug-likeness (QED) is 0.557. The minimum absolute atomic E-state index is 0.0463. The molecule has 6 heteroatoms. The molecule has 1 fully saturated rings. The summed E-state index contributed by atoms with van der Waals surface area (Å²) < 4.78 is 26.8. The lowest BCUT2D eigenvalue weighted by molar-refractivity contribution is 0.477. The van der Waals surface area contributed by atoms with Crippen LogP contribution in [0.1, 0.15) is 26.2 Å². The highest BCUT2D eigenvalue weighted by Gasteiger charge is 2.39.